The molecule has 1 aromatic carbocycles. The van der Waals surface area contributed by atoms with Crippen molar-refractivity contribution in [2.75, 3.05) is 12.8 Å². The maximum Gasteiger partial charge on any atom is 2.00 e. The maximum absolute atomic E-state index is 8.25. The molecular formula is C16H15CuN7O7. The summed E-state index contributed by atoms with van der Waals surface area (Å²) in [6.07, 6.45) is 3.57. The molecular weight excluding hydrogens is 466 g/mol. The van der Waals surface area contributed by atoms with E-state index in [9.17, 15) is 0 Å². The monoisotopic (exact) mass is 480 g/mol. The van der Waals surface area contributed by atoms with Crippen LogP contribution in [0.3, 0.4) is 0 Å². The molecule has 14 nitrogen and oxygen atoms in total. The molecule has 0 unspecified atom stereocenters. The zero-order chi connectivity index (χ0) is 22.7. The first-order chi connectivity index (χ1) is 14.3. The first kappa shape index (κ1) is 26.9. The van der Waals surface area contributed by atoms with E-state index >= 15 is 0 Å². The van der Waals surface area contributed by atoms with Crippen LogP contribution in [0.1, 0.15) is 0 Å². The first-order valence-electron chi connectivity index (χ1n) is 7.81. The predicted octanol–water partition coefficient (Wildman–Crippen LogP) is 1.68. The molecule has 0 aliphatic rings. The van der Waals surface area contributed by atoms with Crippen molar-refractivity contribution < 1.29 is 32.3 Å². The molecule has 0 saturated heterocycles. The Morgan fingerprint density at radius 2 is 1.42 bits per heavy atom. The minimum Gasteiger partial charge on any atom is -0.400 e. The number of nitrogens with two attached hydrogens (primary N) is 1. The van der Waals surface area contributed by atoms with E-state index in [1.165, 1.54) is 0 Å². The van der Waals surface area contributed by atoms with Crippen LogP contribution in [-0.2, 0) is 17.1 Å². The number of aliphatic hydroxyl groups excluding tert-OH is 1. The van der Waals surface area contributed by atoms with Gasteiger partial charge in [0.15, 0.2) is 5.82 Å². The van der Waals surface area contributed by atoms with Crippen molar-refractivity contribution in [3.8, 4) is 5.82 Å². The zero-order valence-corrected chi connectivity index (χ0v) is 16.6. The fraction of sp³-hybridized carbons (Fsp3) is 0.0625. The number of nitrogen functional groups attached to an aromatic ring is 1. The molecule has 4 aromatic rings. The largest absolute Gasteiger partial charge is 2.00 e. The fourth-order valence-corrected chi connectivity index (χ4v) is 2.31. The molecule has 3 N–H and O–H groups in total. The van der Waals surface area contributed by atoms with Gasteiger partial charge in [0.2, 0.25) is 0 Å². The quantitative estimate of drug-likeness (QED) is 0.172. The van der Waals surface area contributed by atoms with Crippen LogP contribution in [0.4, 0.5) is 5.82 Å². The van der Waals surface area contributed by atoms with Crippen molar-refractivity contribution in [1.29, 1.82) is 0 Å². The Morgan fingerprint density at radius 1 is 0.903 bits per heavy atom. The topological polar surface area (TPSA) is 222 Å². The van der Waals surface area contributed by atoms with Gasteiger partial charge in [0.05, 0.1) is 21.2 Å². The number of aliphatic hydroxyl groups is 1. The van der Waals surface area contributed by atoms with Gasteiger partial charge in [-0.1, -0.05) is 18.2 Å². The second-order valence-corrected chi connectivity index (χ2v) is 5.01. The molecule has 0 aliphatic heterocycles. The number of benzene rings is 1. The molecule has 0 bridgehead atoms. The Morgan fingerprint density at radius 3 is 1.94 bits per heavy atom. The molecule has 3 heterocycles. The summed E-state index contributed by atoms with van der Waals surface area (Å²) in [4.78, 5) is 25.6. The van der Waals surface area contributed by atoms with Crippen LogP contribution in [0, 0.1) is 30.6 Å². The van der Waals surface area contributed by atoms with Crippen molar-refractivity contribution >= 4 is 27.6 Å². The van der Waals surface area contributed by atoms with Crippen LogP contribution in [0.2, 0.25) is 0 Å². The van der Waals surface area contributed by atoms with Gasteiger partial charge >= 0.3 is 17.1 Å². The van der Waals surface area contributed by atoms with E-state index in [1.807, 2.05) is 30.3 Å². The number of nitrogens with zero attached hydrogens (tertiary/aromatic N) is 6. The van der Waals surface area contributed by atoms with Crippen LogP contribution >= 0.6 is 0 Å². The van der Waals surface area contributed by atoms with Crippen molar-refractivity contribution in [1.82, 2.24) is 19.7 Å². The Balaban J connectivity index is 0.000000704. The van der Waals surface area contributed by atoms with Crippen LogP contribution in [0.5, 0.6) is 0 Å². The van der Waals surface area contributed by atoms with E-state index in [1.54, 1.807) is 23.1 Å². The standard InChI is InChI=1S/C15H11N5.CH4O.Cu.2NO3/c16-12-7-9-20(19-12)13-6-5-11-4-3-10-2-1-8-17-14(10)15(11)18-13;1-2;;2*2-1(3)4/h1-9H,(H2,16,19);2H,1H3;;;/q;;+2;2*-1. The number of anilines is 1. The van der Waals surface area contributed by atoms with E-state index < -0.39 is 10.2 Å². The number of rotatable bonds is 1. The maximum atomic E-state index is 8.25. The summed E-state index contributed by atoms with van der Waals surface area (Å²) in [6.45, 7) is 0. The third-order valence-corrected chi connectivity index (χ3v) is 3.26. The summed E-state index contributed by atoms with van der Waals surface area (Å²) in [5, 5.41) is 42.8. The normalized spacial score (nSPS) is 8.97. The van der Waals surface area contributed by atoms with Gasteiger partial charge in [-0.25, -0.2) is 9.67 Å². The minimum atomic E-state index is -1.75. The van der Waals surface area contributed by atoms with E-state index in [4.69, 9.17) is 41.5 Å². The van der Waals surface area contributed by atoms with Gasteiger partial charge in [-0.15, -0.1) is 5.10 Å². The van der Waals surface area contributed by atoms with Gasteiger partial charge in [0.1, 0.15) is 5.82 Å². The second-order valence-electron chi connectivity index (χ2n) is 5.01. The number of aromatic nitrogens is 4. The van der Waals surface area contributed by atoms with Crippen LogP contribution < -0.4 is 5.73 Å². The summed E-state index contributed by atoms with van der Waals surface area (Å²) in [6, 6.07) is 13.7. The molecule has 3 aromatic heterocycles. The molecule has 0 saturated carbocycles. The number of pyridine rings is 2. The first-order valence-corrected chi connectivity index (χ1v) is 7.81. The summed E-state index contributed by atoms with van der Waals surface area (Å²) < 4.78 is 1.66. The number of hydrogen-bond acceptors (Lipinski definition) is 11. The summed E-state index contributed by atoms with van der Waals surface area (Å²) in [5.74, 6) is 1.20. The smallest absolute Gasteiger partial charge is 0.400 e. The summed E-state index contributed by atoms with van der Waals surface area (Å²) in [7, 11) is 1.00. The van der Waals surface area contributed by atoms with E-state index in [-0.39, 0.29) is 17.1 Å². The second kappa shape index (κ2) is 13.2. The van der Waals surface area contributed by atoms with E-state index in [0.717, 1.165) is 34.7 Å². The van der Waals surface area contributed by atoms with Gasteiger partial charge in [0, 0.05) is 36.3 Å². The Hall–Kier alpha value is -4.07. The minimum absolute atomic E-state index is 0. The third kappa shape index (κ3) is 8.45. The van der Waals surface area contributed by atoms with Crippen LogP contribution in [-0.4, -0.2) is 42.1 Å². The molecule has 0 atom stereocenters. The van der Waals surface area contributed by atoms with Gasteiger partial charge in [0.25, 0.3) is 0 Å². The molecule has 15 heteroatoms. The summed E-state index contributed by atoms with van der Waals surface area (Å²) >= 11 is 0. The number of hydrogen-bond donors (Lipinski definition) is 2. The molecule has 1 radical (unpaired) electrons. The van der Waals surface area contributed by atoms with Crippen LogP contribution in [0.15, 0.2) is 54.9 Å². The van der Waals surface area contributed by atoms with Gasteiger partial charge in [-0.2, -0.15) is 0 Å². The molecule has 4 rings (SSSR count). The number of fused-ring (bicyclic) bond motifs is 3. The van der Waals surface area contributed by atoms with Crippen LogP contribution in [0.25, 0.3) is 27.6 Å². The summed E-state index contributed by atoms with van der Waals surface area (Å²) in [5.41, 5.74) is 7.41. The van der Waals surface area contributed by atoms with Gasteiger partial charge in [-0.3, -0.25) is 4.98 Å². The molecule has 167 valence electrons. The molecule has 0 amide bonds. The Kier molecular flexibility index (Phi) is 11.5. The molecule has 0 fully saturated rings. The molecule has 0 spiro atoms. The Bertz CT molecular complexity index is 1120. The third-order valence-electron chi connectivity index (χ3n) is 3.26. The predicted molar refractivity (Wildman–Crippen MR) is 107 cm³/mol. The van der Waals surface area contributed by atoms with Crippen molar-refractivity contribution in [2.24, 2.45) is 0 Å². The van der Waals surface area contributed by atoms with E-state index in [0.29, 0.717) is 5.82 Å². The van der Waals surface area contributed by atoms with Gasteiger partial charge in [-0.05, 0) is 18.2 Å². The molecule has 31 heavy (non-hydrogen) atoms. The van der Waals surface area contributed by atoms with Crippen molar-refractivity contribution in [2.45, 2.75) is 0 Å². The SMILES string of the molecule is CO.Nc1ccn(-c2ccc3ccc4cccnc4c3n2)n1.O=[N+]([O-])[O-].O=[N+]([O-])[O-].[Cu+2]. The fourth-order valence-electron chi connectivity index (χ4n) is 2.31. The van der Waals surface area contributed by atoms with Gasteiger partial charge < -0.3 is 41.5 Å². The van der Waals surface area contributed by atoms with E-state index in [2.05, 4.69) is 21.1 Å². The zero-order valence-electron chi connectivity index (χ0n) is 15.7. The average molecular weight is 481 g/mol. The van der Waals surface area contributed by atoms with Crippen molar-refractivity contribution in [3.05, 3.63) is 85.5 Å². The average Bonchev–Trinajstić information content (AvgIpc) is 3.14. The Labute approximate surface area is 184 Å². The van der Waals surface area contributed by atoms with Crippen molar-refractivity contribution in [3.63, 3.8) is 0 Å². The molecule has 0 aliphatic carbocycles.